The van der Waals surface area contributed by atoms with Gasteiger partial charge >= 0.3 is 0 Å². The summed E-state index contributed by atoms with van der Waals surface area (Å²) in [6, 6.07) is -0.672. The summed E-state index contributed by atoms with van der Waals surface area (Å²) in [5, 5.41) is 6.44. The second kappa shape index (κ2) is 5.41. The van der Waals surface area contributed by atoms with Crippen molar-refractivity contribution in [3.63, 3.8) is 0 Å². The van der Waals surface area contributed by atoms with Crippen LogP contribution in [0.1, 0.15) is 19.8 Å². The third kappa shape index (κ3) is 2.38. The van der Waals surface area contributed by atoms with Crippen LogP contribution in [0.25, 0.3) is 0 Å². The van der Waals surface area contributed by atoms with Gasteiger partial charge in [0.25, 0.3) is 0 Å². The van der Waals surface area contributed by atoms with E-state index in [0.717, 1.165) is 0 Å². The SMILES string of the molecule is CCn1cc(S(=O)(=O)N2CCCC2C(=O)NC)c(N)n1. The third-order valence-corrected chi connectivity index (χ3v) is 5.34. The van der Waals surface area contributed by atoms with Gasteiger partial charge in [-0.05, 0) is 19.8 Å². The zero-order valence-corrected chi connectivity index (χ0v) is 12.4. The fourth-order valence-corrected chi connectivity index (χ4v) is 4.08. The maximum absolute atomic E-state index is 12.6. The zero-order chi connectivity index (χ0) is 14.9. The number of aromatic nitrogens is 2. The summed E-state index contributed by atoms with van der Waals surface area (Å²) in [7, 11) is -2.30. The smallest absolute Gasteiger partial charge is 0.249 e. The number of carbonyl (C=O) groups excluding carboxylic acids is 1. The summed E-state index contributed by atoms with van der Waals surface area (Å²) in [6.45, 7) is 2.68. The highest BCUT2D eigenvalue weighted by molar-refractivity contribution is 7.89. The molecular weight excluding hydrogens is 282 g/mol. The van der Waals surface area contributed by atoms with E-state index in [1.54, 1.807) is 0 Å². The van der Waals surface area contributed by atoms with E-state index in [-0.39, 0.29) is 16.6 Å². The van der Waals surface area contributed by atoms with Gasteiger partial charge in [0.2, 0.25) is 15.9 Å². The van der Waals surface area contributed by atoms with Crippen LogP contribution in [0, 0.1) is 0 Å². The van der Waals surface area contributed by atoms with Crippen LogP contribution in [0.3, 0.4) is 0 Å². The normalized spacial score (nSPS) is 20.2. The van der Waals surface area contributed by atoms with Crippen LogP contribution in [0.15, 0.2) is 11.1 Å². The van der Waals surface area contributed by atoms with Crippen LogP contribution >= 0.6 is 0 Å². The first kappa shape index (κ1) is 14.8. The van der Waals surface area contributed by atoms with Crippen LogP contribution in [-0.2, 0) is 21.4 Å². The molecule has 1 fully saturated rings. The number of nitrogens with two attached hydrogens (primary N) is 1. The average molecular weight is 301 g/mol. The average Bonchev–Trinajstić information content (AvgIpc) is 3.04. The molecule has 20 heavy (non-hydrogen) atoms. The number of nitrogens with one attached hydrogen (secondary N) is 1. The van der Waals surface area contributed by atoms with Crippen molar-refractivity contribution in [1.29, 1.82) is 0 Å². The third-order valence-electron chi connectivity index (χ3n) is 3.42. The van der Waals surface area contributed by atoms with Crippen LogP contribution in [0.2, 0.25) is 0 Å². The van der Waals surface area contributed by atoms with E-state index in [4.69, 9.17) is 5.73 Å². The minimum atomic E-state index is -3.80. The Bertz CT molecular complexity index is 610. The molecule has 8 nitrogen and oxygen atoms in total. The number of carbonyl (C=O) groups is 1. The Morgan fingerprint density at radius 2 is 2.30 bits per heavy atom. The van der Waals surface area contributed by atoms with E-state index in [1.165, 1.54) is 22.2 Å². The Hall–Kier alpha value is -1.61. The minimum Gasteiger partial charge on any atom is -0.381 e. The van der Waals surface area contributed by atoms with E-state index in [9.17, 15) is 13.2 Å². The number of anilines is 1. The van der Waals surface area contributed by atoms with E-state index < -0.39 is 16.1 Å². The fraction of sp³-hybridized carbons (Fsp3) is 0.636. The van der Waals surface area contributed by atoms with E-state index in [2.05, 4.69) is 10.4 Å². The molecule has 112 valence electrons. The van der Waals surface area contributed by atoms with Crippen LogP contribution < -0.4 is 11.1 Å². The Balaban J connectivity index is 2.38. The predicted octanol–water partition coefficient (Wildman–Crippen LogP) is -0.616. The topological polar surface area (TPSA) is 110 Å². The molecule has 3 N–H and O–H groups in total. The molecule has 0 aromatic carbocycles. The van der Waals surface area contributed by atoms with Crippen molar-refractivity contribution in [2.45, 2.75) is 37.2 Å². The molecule has 0 radical (unpaired) electrons. The highest BCUT2D eigenvalue weighted by atomic mass is 32.2. The number of likely N-dealkylation sites (N-methyl/N-ethyl adjacent to an activating group) is 1. The lowest BCUT2D eigenvalue weighted by Gasteiger charge is -2.22. The summed E-state index contributed by atoms with van der Waals surface area (Å²) in [4.78, 5) is 11.7. The van der Waals surface area contributed by atoms with Crippen molar-refractivity contribution in [3.05, 3.63) is 6.20 Å². The molecule has 2 rings (SSSR count). The van der Waals surface area contributed by atoms with Gasteiger partial charge < -0.3 is 11.1 Å². The van der Waals surface area contributed by atoms with Gasteiger partial charge in [-0.25, -0.2) is 8.42 Å². The molecule has 9 heteroatoms. The predicted molar refractivity (Wildman–Crippen MR) is 73.3 cm³/mol. The van der Waals surface area contributed by atoms with E-state index in [1.807, 2.05) is 6.92 Å². The molecule has 0 bridgehead atoms. The Kier molecular flexibility index (Phi) is 4.00. The standard InChI is InChI=1S/C11H19N5O3S/c1-3-15-7-9(10(12)14-15)20(18,19)16-6-4-5-8(16)11(17)13-2/h7-8H,3-6H2,1-2H3,(H2,12,14)(H,13,17). The molecule has 1 aromatic rings. The van der Waals surface area contributed by atoms with E-state index >= 15 is 0 Å². The van der Waals surface area contributed by atoms with E-state index in [0.29, 0.717) is 25.9 Å². The second-order valence-electron chi connectivity index (χ2n) is 4.62. The van der Waals surface area contributed by atoms with Crippen molar-refractivity contribution in [1.82, 2.24) is 19.4 Å². The van der Waals surface area contributed by atoms with Crippen molar-refractivity contribution in [3.8, 4) is 0 Å². The molecule has 1 aliphatic rings. The lowest BCUT2D eigenvalue weighted by Crippen LogP contribution is -2.44. The molecule has 1 unspecified atom stereocenters. The van der Waals surface area contributed by atoms with Gasteiger partial charge in [-0.1, -0.05) is 0 Å². The minimum absolute atomic E-state index is 0.0323. The monoisotopic (exact) mass is 301 g/mol. The zero-order valence-electron chi connectivity index (χ0n) is 11.5. The molecule has 2 heterocycles. The first-order valence-corrected chi connectivity index (χ1v) is 7.92. The molecule has 0 aliphatic carbocycles. The fourth-order valence-electron chi connectivity index (χ4n) is 2.36. The van der Waals surface area contributed by atoms with Crippen molar-refractivity contribution < 1.29 is 13.2 Å². The number of nitrogen functional groups attached to an aromatic ring is 1. The first-order chi connectivity index (χ1) is 9.41. The molecule has 0 spiro atoms. The summed E-state index contributed by atoms with van der Waals surface area (Å²) in [5.74, 6) is -0.332. The number of amides is 1. The summed E-state index contributed by atoms with van der Waals surface area (Å²) >= 11 is 0. The number of aryl methyl sites for hydroxylation is 1. The summed E-state index contributed by atoms with van der Waals surface area (Å²) in [5.41, 5.74) is 5.69. The van der Waals surface area contributed by atoms with Crippen molar-refractivity contribution in [2.24, 2.45) is 0 Å². The largest absolute Gasteiger partial charge is 0.381 e. The lowest BCUT2D eigenvalue weighted by atomic mass is 10.2. The summed E-state index contributed by atoms with van der Waals surface area (Å²) in [6.07, 6.45) is 2.57. The Morgan fingerprint density at radius 1 is 1.60 bits per heavy atom. The number of sulfonamides is 1. The quantitative estimate of drug-likeness (QED) is 0.770. The Labute approximate surface area is 118 Å². The number of nitrogens with zero attached hydrogens (tertiary/aromatic N) is 3. The molecule has 1 amide bonds. The summed E-state index contributed by atoms with van der Waals surface area (Å²) < 4.78 is 27.9. The molecule has 1 saturated heterocycles. The highest BCUT2D eigenvalue weighted by Gasteiger charge is 2.40. The Morgan fingerprint density at radius 3 is 2.85 bits per heavy atom. The molecule has 0 saturated carbocycles. The van der Waals surface area contributed by atoms with Gasteiger partial charge in [0, 0.05) is 26.3 Å². The van der Waals surface area contributed by atoms with Crippen LogP contribution in [0.4, 0.5) is 5.82 Å². The number of hydrogen-bond acceptors (Lipinski definition) is 5. The maximum Gasteiger partial charge on any atom is 0.249 e. The molecule has 1 aliphatic heterocycles. The second-order valence-corrected chi connectivity index (χ2v) is 6.48. The highest BCUT2D eigenvalue weighted by Crippen LogP contribution is 2.28. The van der Waals surface area contributed by atoms with Crippen LogP contribution in [-0.4, -0.2) is 48.0 Å². The lowest BCUT2D eigenvalue weighted by molar-refractivity contribution is -0.123. The number of rotatable bonds is 4. The van der Waals surface area contributed by atoms with Gasteiger partial charge in [0.05, 0.1) is 0 Å². The van der Waals surface area contributed by atoms with Gasteiger partial charge in [0.15, 0.2) is 5.82 Å². The van der Waals surface area contributed by atoms with Gasteiger partial charge in [-0.15, -0.1) is 0 Å². The van der Waals surface area contributed by atoms with Gasteiger partial charge in [-0.2, -0.15) is 9.40 Å². The first-order valence-electron chi connectivity index (χ1n) is 6.48. The number of hydrogen-bond donors (Lipinski definition) is 2. The molecule has 1 aromatic heterocycles. The van der Waals surface area contributed by atoms with Crippen molar-refractivity contribution in [2.75, 3.05) is 19.3 Å². The van der Waals surface area contributed by atoms with Gasteiger partial charge in [0.1, 0.15) is 10.9 Å². The maximum atomic E-state index is 12.6. The van der Waals surface area contributed by atoms with Crippen LogP contribution in [0.5, 0.6) is 0 Å². The molecular formula is C11H19N5O3S. The van der Waals surface area contributed by atoms with Crippen molar-refractivity contribution >= 4 is 21.7 Å². The molecule has 1 atom stereocenters. The van der Waals surface area contributed by atoms with Gasteiger partial charge in [-0.3, -0.25) is 9.48 Å².